The number of aromatic nitrogens is 2. The highest BCUT2D eigenvalue weighted by Crippen LogP contribution is 2.34. The van der Waals surface area contributed by atoms with Crippen LogP contribution in [0.25, 0.3) is 0 Å². The van der Waals surface area contributed by atoms with Gasteiger partial charge in [0.05, 0.1) is 17.4 Å². The highest BCUT2D eigenvalue weighted by atomic mass is 79.9. The van der Waals surface area contributed by atoms with Crippen molar-refractivity contribution in [3.63, 3.8) is 0 Å². The molecule has 0 saturated heterocycles. The molecule has 1 aromatic heterocycles. The van der Waals surface area contributed by atoms with Crippen LogP contribution in [0.1, 0.15) is 36.8 Å². The molecule has 3 N–H and O–H groups in total. The van der Waals surface area contributed by atoms with Crippen molar-refractivity contribution in [1.82, 2.24) is 15.2 Å². The summed E-state index contributed by atoms with van der Waals surface area (Å²) in [5.74, 6) is 5.78. The topological polar surface area (TPSA) is 55.9 Å². The van der Waals surface area contributed by atoms with Crippen LogP contribution in [0, 0.1) is 0 Å². The Labute approximate surface area is 132 Å². The van der Waals surface area contributed by atoms with Crippen molar-refractivity contribution in [3.8, 4) is 0 Å². The molecule has 0 aliphatic carbocycles. The van der Waals surface area contributed by atoms with Crippen LogP contribution in [0.3, 0.4) is 0 Å². The molecule has 6 heteroatoms. The Morgan fingerprint density at radius 1 is 1.45 bits per heavy atom. The zero-order valence-electron chi connectivity index (χ0n) is 11.5. The van der Waals surface area contributed by atoms with Gasteiger partial charge in [-0.1, -0.05) is 40.5 Å². The van der Waals surface area contributed by atoms with Crippen LogP contribution in [0.15, 0.2) is 28.7 Å². The van der Waals surface area contributed by atoms with Crippen LogP contribution in [0.4, 0.5) is 0 Å². The van der Waals surface area contributed by atoms with Gasteiger partial charge in [-0.25, -0.2) is 5.43 Å². The van der Waals surface area contributed by atoms with Crippen LogP contribution in [0.5, 0.6) is 0 Å². The SMILES string of the molecule is CCc1cc(C(NN)c2c(Cl)cccc2Br)n(CC)n1. The number of aryl methyl sites for hydroxylation is 2. The molecular formula is C14H18BrClN4. The third-order valence-corrected chi connectivity index (χ3v) is 4.30. The molecule has 108 valence electrons. The highest BCUT2D eigenvalue weighted by molar-refractivity contribution is 9.10. The van der Waals surface area contributed by atoms with E-state index in [4.69, 9.17) is 17.4 Å². The van der Waals surface area contributed by atoms with E-state index < -0.39 is 0 Å². The fourth-order valence-electron chi connectivity index (χ4n) is 2.25. The number of nitrogens with one attached hydrogen (secondary N) is 1. The van der Waals surface area contributed by atoms with Gasteiger partial charge in [0.25, 0.3) is 0 Å². The van der Waals surface area contributed by atoms with Gasteiger partial charge in [0, 0.05) is 21.6 Å². The predicted octanol–water partition coefficient (Wildman–Crippen LogP) is 3.43. The first kappa shape index (κ1) is 15.5. The average Bonchev–Trinajstić information content (AvgIpc) is 2.86. The van der Waals surface area contributed by atoms with Gasteiger partial charge in [0.2, 0.25) is 0 Å². The summed E-state index contributed by atoms with van der Waals surface area (Å²) in [5.41, 5.74) is 5.84. The van der Waals surface area contributed by atoms with Gasteiger partial charge < -0.3 is 0 Å². The molecule has 0 bridgehead atoms. The normalized spacial score (nSPS) is 12.7. The number of hydrogen-bond donors (Lipinski definition) is 2. The maximum Gasteiger partial charge on any atom is 0.0903 e. The molecular weight excluding hydrogens is 340 g/mol. The molecule has 0 aliphatic rings. The Bertz CT molecular complexity index is 577. The van der Waals surface area contributed by atoms with Gasteiger partial charge in [0.1, 0.15) is 0 Å². The summed E-state index contributed by atoms with van der Waals surface area (Å²) in [5, 5.41) is 5.23. The number of halogens is 2. The Morgan fingerprint density at radius 3 is 2.75 bits per heavy atom. The lowest BCUT2D eigenvalue weighted by molar-refractivity contribution is 0.540. The first-order valence-electron chi connectivity index (χ1n) is 6.59. The summed E-state index contributed by atoms with van der Waals surface area (Å²) < 4.78 is 2.88. The van der Waals surface area contributed by atoms with Gasteiger partial charge >= 0.3 is 0 Å². The van der Waals surface area contributed by atoms with Gasteiger partial charge in [-0.05, 0) is 31.5 Å². The van der Waals surface area contributed by atoms with Crippen molar-refractivity contribution in [1.29, 1.82) is 0 Å². The van der Waals surface area contributed by atoms with E-state index in [0.717, 1.165) is 34.4 Å². The molecule has 0 spiro atoms. The van der Waals surface area contributed by atoms with E-state index in [9.17, 15) is 0 Å². The van der Waals surface area contributed by atoms with Gasteiger partial charge in [-0.3, -0.25) is 10.5 Å². The summed E-state index contributed by atoms with van der Waals surface area (Å²) in [7, 11) is 0. The van der Waals surface area contributed by atoms with Crippen LogP contribution in [-0.2, 0) is 13.0 Å². The Morgan fingerprint density at radius 2 is 2.20 bits per heavy atom. The monoisotopic (exact) mass is 356 g/mol. The molecule has 1 heterocycles. The van der Waals surface area contributed by atoms with Crippen LogP contribution >= 0.6 is 27.5 Å². The van der Waals surface area contributed by atoms with Gasteiger partial charge in [-0.15, -0.1) is 0 Å². The molecule has 2 aromatic rings. The molecule has 0 amide bonds. The Hall–Kier alpha value is -0.880. The minimum Gasteiger partial charge on any atom is -0.271 e. The zero-order chi connectivity index (χ0) is 14.7. The third kappa shape index (κ3) is 2.91. The van der Waals surface area contributed by atoms with Crippen molar-refractivity contribution >= 4 is 27.5 Å². The standard InChI is InChI=1S/C14H18BrClN4/c1-3-9-8-12(20(4-2)19-9)14(18-17)13-10(15)6-5-7-11(13)16/h5-8,14,18H,3-4,17H2,1-2H3. The molecule has 0 radical (unpaired) electrons. The maximum absolute atomic E-state index is 6.33. The number of benzene rings is 1. The van der Waals surface area contributed by atoms with E-state index in [-0.39, 0.29) is 6.04 Å². The molecule has 4 nitrogen and oxygen atoms in total. The summed E-state index contributed by atoms with van der Waals surface area (Å²) in [4.78, 5) is 0. The second kappa shape index (κ2) is 6.72. The van der Waals surface area contributed by atoms with Crippen LogP contribution in [-0.4, -0.2) is 9.78 Å². The molecule has 0 fully saturated rings. The van der Waals surface area contributed by atoms with Crippen molar-refractivity contribution in [2.24, 2.45) is 5.84 Å². The first-order valence-corrected chi connectivity index (χ1v) is 7.76. The minimum absolute atomic E-state index is 0.203. The first-order chi connectivity index (χ1) is 9.62. The fraction of sp³-hybridized carbons (Fsp3) is 0.357. The van der Waals surface area contributed by atoms with Crippen molar-refractivity contribution in [2.45, 2.75) is 32.9 Å². The average molecular weight is 358 g/mol. The number of nitrogens with zero attached hydrogens (tertiary/aromatic N) is 2. The lowest BCUT2D eigenvalue weighted by Crippen LogP contribution is -2.31. The minimum atomic E-state index is -0.203. The van der Waals surface area contributed by atoms with E-state index in [2.05, 4.69) is 46.4 Å². The molecule has 1 atom stereocenters. The predicted molar refractivity (Wildman–Crippen MR) is 85.6 cm³/mol. The van der Waals surface area contributed by atoms with Gasteiger partial charge in [0.15, 0.2) is 0 Å². The lowest BCUT2D eigenvalue weighted by atomic mass is 10.0. The molecule has 1 aromatic carbocycles. The quantitative estimate of drug-likeness (QED) is 0.636. The fourth-order valence-corrected chi connectivity index (χ4v) is 3.24. The summed E-state index contributed by atoms with van der Waals surface area (Å²) in [6.07, 6.45) is 0.890. The number of hydrazine groups is 1. The van der Waals surface area contributed by atoms with Crippen molar-refractivity contribution in [3.05, 3.63) is 50.7 Å². The number of nitrogens with two attached hydrogens (primary N) is 1. The molecule has 20 heavy (non-hydrogen) atoms. The summed E-state index contributed by atoms with van der Waals surface area (Å²) in [6.45, 7) is 4.93. The van der Waals surface area contributed by atoms with Crippen LogP contribution < -0.4 is 11.3 Å². The Kier molecular flexibility index (Phi) is 5.21. The van der Waals surface area contributed by atoms with Crippen molar-refractivity contribution in [2.75, 3.05) is 0 Å². The zero-order valence-corrected chi connectivity index (χ0v) is 13.9. The number of rotatable bonds is 5. The third-order valence-electron chi connectivity index (χ3n) is 3.27. The largest absolute Gasteiger partial charge is 0.271 e. The number of hydrogen-bond acceptors (Lipinski definition) is 3. The van der Waals surface area contributed by atoms with Crippen LogP contribution in [0.2, 0.25) is 5.02 Å². The van der Waals surface area contributed by atoms with Gasteiger partial charge in [-0.2, -0.15) is 5.10 Å². The molecule has 0 aliphatic heterocycles. The molecule has 1 unspecified atom stereocenters. The van der Waals surface area contributed by atoms with E-state index in [1.54, 1.807) is 0 Å². The highest BCUT2D eigenvalue weighted by Gasteiger charge is 2.22. The lowest BCUT2D eigenvalue weighted by Gasteiger charge is -2.20. The second-order valence-corrected chi connectivity index (χ2v) is 5.73. The van der Waals surface area contributed by atoms with E-state index >= 15 is 0 Å². The molecule has 0 saturated carbocycles. The summed E-state index contributed by atoms with van der Waals surface area (Å²) in [6, 6.07) is 7.59. The summed E-state index contributed by atoms with van der Waals surface area (Å²) >= 11 is 9.88. The maximum atomic E-state index is 6.33. The second-order valence-electron chi connectivity index (χ2n) is 4.46. The van der Waals surface area contributed by atoms with Crippen molar-refractivity contribution < 1.29 is 0 Å². The Balaban J connectivity index is 2.55. The van der Waals surface area contributed by atoms with E-state index in [1.807, 2.05) is 22.9 Å². The van der Waals surface area contributed by atoms with E-state index in [0.29, 0.717) is 5.02 Å². The molecule has 2 rings (SSSR count). The van der Waals surface area contributed by atoms with E-state index in [1.165, 1.54) is 0 Å². The smallest absolute Gasteiger partial charge is 0.0903 e.